The molecule has 34 heavy (non-hydrogen) atoms. The minimum atomic E-state index is -0.642. The number of para-hydroxylation sites is 1. The van der Waals surface area contributed by atoms with Gasteiger partial charge in [0, 0.05) is 11.5 Å². The molecule has 8 heteroatoms. The van der Waals surface area contributed by atoms with E-state index in [4.69, 9.17) is 14.2 Å². The largest absolute Gasteiger partial charge is 0.493 e. The van der Waals surface area contributed by atoms with E-state index in [1.807, 2.05) is 71.0 Å². The third kappa shape index (κ3) is 6.15. The molecular weight excluding hydrogens is 434 g/mol. The van der Waals surface area contributed by atoms with Crippen molar-refractivity contribution in [2.45, 2.75) is 46.1 Å². The van der Waals surface area contributed by atoms with Gasteiger partial charge in [-0.2, -0.15) is 5.10 Å². The predicted octanol–water partition coefficient (Wildman–Crippen LogP) is 4.76. The van der Waals surface area contributed by atoms with Gasteiger partial charge in [-0.3, -0.25) is 4.79 Å². The van der Waals surface area contributed by atoms with Crippen LogP contribution < -0.4 is 14.8 Å². The van der Waals surface area contributed by atoms with Gasteiger partial charge in [-0.25, -0.2) is 9.48 Å². The van der Waals surface area contributed by atoms with Crippen molar-refractivity contribution in [3.05, 3.63) is 65.9 Å². The lowest BCUT2D eigenvalue weighted by Gasteiger charge is -2.14. The van der Waals surface area contributed by atoms with Crippen LogP contribution in [0.5, 0.6) is 11.5 Å². The number of carbonyl (C=O) groups is 2. The van der Waals surface area contributed by atoms with Gasteiger partial charge in [0.25, 0.3) is 5.91 Å². The Kier molecular flexibility index (Phi) is 7.61. The molecule has 0 bridgehead atoms. The molecule has 0 radical (unpaired) electrons. The number of methoxy groups -OCH3 is 1. The van der Waals surface area contributed by atoms with Gasteiger partial charge in [0.2, 0.25) is 0 Å². The first kappa shape index (κ1) is 24.8. The van der Waals surface area contributed by atoms with Crippen molar-refractivity contribution in [1.82, 2.24) is 9.78 Å². The van der Waals surface area contributed by atoms with Crippen LogP contribution in [0.2, 0.25) is 0 Å². The number of nitrogens with zero attached hydrogens (tertiary/aromatic N) is 2. The highest BCUT2D eigenvalue weighted by atomic mass is 16.5. The lowest BCUT2D eigenvalue weighted by molar-refractivity contribution is -0.119. The number of nitrogens with one attached hydrogen (secondary N) is 1. The van der Waals surface area contributed by atoms with Crippen LogP contribution >= 0.6 is 0 Å². The first-order valence-corrected chi connectivity index (χ1v) is 11.1. The molecule has 0 aliphatic rings. The lowest BCUT2D eigenvalue weighted by atomic mass is 9.92. The van der Waals surface area contributed by atoms with Gasteiger partial charge in [0.1, 0.15) is 5.82 Å². The number of amides is 1. The zero-order chi connectivity index (χ0) is 24.9. The lowest BCUT2D eigenvalue weighted by Crippen LogP contribution is -2.22. The Bertz CT molecular complexity index is 1150. The van der Waals surface area contributed by atoms with Crippen molar-refractivity contribution < 1.29 is 23.8 Å². The summed E-state index contributed by atoms with van der Waals surface area (Å²) in [5.74, 6) is 0.313. The number of ether oxygens (including phenoxy) is 3. The Morgan fingerprint density at radius 1 is 1.03 bits per heavy atom. The van der Waals surface area contributed by atoms with E-state index in [-0.39, 0.29) is 17.1 Å². The van der Waals surface area contributed by atoms with Gasteiger partial charge >= 0.3 is 5.97 Å². The summed E-state index contributed by atoms with van der Waals surface area (Å²) in [7, 11) is 1.49. The van der Waals surface area contributed by atoms with E-state index in [0.717, 1.165) is 11.4 Å². The molecule has 0 unspecified atom stereocenters. The summed E-state index contributed by atoms with van der Waals surface area (Å²) >= 11 is 0. The van der Waals surface area contributed by atoms with Gasteiger partial charge in [-0.15, -0.1) is 0 Å². The van der Waals surface area contributed by atoms with Crippen molar-refractivity contribution in [3.8, 4) is 17.2 Å². The molecule has 2 aromatic carbocycles. The zero-order valence-electron chi connectivity index (χ0n) is 20.4. The van der Waals surface area contributed by atoms with Crippen molar-refractivity contribution in [3.63, 3.8) is 0 Å². The smallest absolute Gasteiger partial charge is 0.338 e. The van der Waals surface area contributed by atoms with Gasteiger partial charge in [-0.1, -0.05) is 39.0 Å². The molecule has 1 heterocycles. The molecule has 0 saturated heterocycles. The molecule has 0 saturated carbocycles. The van der Waals surface area contributed by atoms with E-state index in [1.165, 1.54) is 13.2 Å². The van der Waals surface area contributed by atoms with Crippen molar-refractivity contribution in [2.75, 3.05) is 19.0 Å². The molecule has 0 aliphatic carbocycles. The Morgan fingerprint density at radius 3 is 2.35 bits per heavy atom. The van der Waals surface area contributed by atoms with Crippen LogP contribution in [-0.2, 0) is 14.9 Å². The number of rotatable bonds is 8. The SMILES string of the molecule is COc1cc(C(=O)OCC(=O)Nc2cc(C(C)(C)C)nn2-c2ccccc2)ccc1OC(C)C. The highest BCUT2D eigenvalue weighted by Crippen LogP contribution is 2.29. The fraction of sp³-hybridized carbons (Fsp3) is 0.346. The second-order valence-electron chi connectivity index (χ2n) is 9.07. The van der Waals surface area contributed by atoms with Crippen LogP contribution in [-0.4, -0.2) is 41.5 Å². The maximum Gasteiger partial charge on any atom is 0.338 e. The standard InChI is InChI=1S/C26H31N3O5/c1-17(2)34-20-13-12-18(14-21(20)32-6)25(31)33-16-24(30)27-23-15-22(26(3,4)5)28-29(23)19-10-8-7-9-11-19/h7-15,17H,16H2,1-6H3,(H,27,30). The van der Waals surface area contributed by atoms with E-state index in [0.29, 0.717) is 17.3 Å². The van der Waals surface area contributed by atoms with Gasteiger partial charge in [0.05, 0.1) is 30.2 Å². The fourth-order valence-electron chi connectivity index (χ4n) is 3.14. The maximum absolute atomic E-state index is 12.6. The third-order valence-corrected chi connectivity index (χ3v) is 4.84. The summed E-state index contributed by atoms with van der Waals surface area (Å²) in [6.07, 6.45) is -0.0430. The topological polar surface area (TPSA) is 91.7 Å². The highest BCUT2D eigenvalue weighted by molar-refractivity contribution is 5.95. The van der Waals surface area contributed by atoms with Crippen molar-refractivity contribution in [1.29, 1.82) is 0 Å². The quantitative estimate of drug-likeness (QED) is 0.482. The summed E-state index contributed by atoms with van der Waals surface area (Å²) in [6, 6.07) is 16.1. The Hall–Kier alpha value is -3.81. The number of esters is 1. The van der Waals surface area contributed by atoms with Crippen LogP contribution in [0.3, 0.4) is 0 Å². The number of hydrogen-bond donors (Lipinski definition) is 1. The van der Waals surface area contributed by atoms with Crippen molar-refractivity contribution in [2.24, 2.45) is 0 Å². The molecule has 0 atom stereocenters. The highest BCUT2D eigenvalue weighted by Gasteiger charge is 2.22. The fourth-order valence-corrected chi connectivity index (χ4v) is 3.14. The number of aromatic nitrogens is 2. The molecule has 1 amide bonds. The van der Waals surface area contributed by atoms with E-state index < -0.39 is 18.5 Å². The molecule has 0 aliphatic heterocycles. The Morgan fingerprint density at radius 2 is 1.74 bits per heavy atom. The monoisotopic (exact) mass is 465 g/mol. The summed E-state index contributed by atoms with van der Waals surface area (Å²) in [5.41, 5.74) is 1.67. The van der Waals surface area contributed by atoms with Crippen LogP contribution in [0.25, 0.3) is 5.69 Å². The van der Waals surface area contributed by atoms with Gasteiger partial charge in [-0.05, 0) is 44.2 Å². The maximum atomic E-state index is 12.6. The van der Waals surface area contributed by atoms with E-state index in [1.54, 1.807) is 16.8 Å². The summed E-state index contributed by atoms with van der Waals surface area (Å²) in [6.45, 7) is 9.48. The average molecular weight is 466 g/mol. The van der Waals surface area contributed by atoms with E-state index in [9.17, 15) is 9.59 Å². The second kappa shape index (κ2) is 10.4. The average Bonchev–Trinajstić information content (AvgIpc) is 3.22. The molecule has 180 valence electrons. The molecular formula is C26H31N3O5. The summed E-state index contributed by atoms with van der Waals surface area (Å²) in [4.78, 5) is 25.1. The normalized spacial score (nSPS) is 11.3. The molecule has 3 aromatic rings. The molecule has 3 rings (SSSR count). The second-order valence-corrected chi connectivity index (χ2v) is 9.07. The molecule has 0 spiro atoms. The number of hydrogen-bond acceptors (Lipinski definition) is 6. The minimum Gasteiger partial charge on any atom is -0.493 e. The summed E-state index contributed by atoms with van der Waals surface area (Å²) in [5, 5.41) is 7.46. The molecule has 0 fully saturated rings. The number of anilines is 1. The first-order chi connectivity index (χ1) is 16.1. The van der Waals surface area contributed by atoms with E-state index >= 15 is 0 Å². The third-order valence-electron chi connectivity index (χ3n) is 4.84. The van der Waals surface area contributed by atoms with Crippen LogP contribution in [0.4, 0.5) is 5.82 Å². The summed E-state index contributed by atoms with van der Waals surface area (Å²) < 4.78 is 17.9. The minimum absolute atomic E-state index is 0.0430. The van der Waals surface area contributed by atoms with E-state index in [2.05, 4.69) is 10.4 Å². The van der Waals surface area contributed by atoms with Gasteiger partial charge < -0.3 is 19.5 Å². The van der Waals surface area contributed by atoms with Gasteiger partial charge in [0.15, 0.2) is 18.1 Å². The Balaban J connectivity index is 1.71. The van der Waals surface area contributed by atoms with Crippen LogP contribution in [0, 0.1) is 0 Å². The number of benzene rings is 2. The predicted molar refractivity (Wildman–Crippen MR) is 130 cm³/mol. The first-order valence-electron chi connectivity index (χ1n) is 11.1. The molecule has 1 aromatic heterocycles. The molecule has 1 N–H and O–H groups in total. The molecule has 8 nitrogen and oxygen atoms in total. The van der Waals surface area contributed by atoms with Crippen LogP contribution in [0.1, 0.15) is 50.7 Å². The zero-order valence-corrected chi connectivity index (χ0v) is 20.4. The Labute approximate surface area is 199 Å². The van der Waals surface area contributed by atoms with Crippen molar-refractivity contribution >= 4 is 17.7 Å². The van der Waals surface area contributed by atoms with Crippen LogP contribution in [0.15, 0.2) is 54.6 Å². The number of carbonyl (C=O) groups excluding carboxylic acids is 2.